The topological polar surface area (TPSA) is 64.1 Å². The van der Waals surface area contributed by atoms with Gasteiger partial charge < -0.3 is 10.1 Å². The fraction of sp³-hybridized carbons (Fsp3) is 0.0833. The summed E-state index contributed by atoms with van der Waals surface area (Å²) < 4.78 is 17.8. The van der Waals surface area contributed by atoms with Gasteiger partial charge in [0.15, 0.2) is 0 Å². The van der Waals surface area contributed by atoms with Crippen molar-refractivity contribution in [1.82, 2.24) is 9.97 Å². The highest BCUT2D eigenvalue weighted by atomic mass is 19.1. The summed E-state index contributed by atoms with van der Waals surface area (Å²) in [5.74, 6) is -0.568. The standard InChI is InChI=1S/C12H10FN3O2/c1-18-11-7-14-10(6-15-11)12(17)16-9-4-2-3-8(13)5-9/h2-7H,1H3,(H,16,17). The monoisotopic (exact) mass is 247 g/mol. The van der Waals surface area contributed by atoms with E-state index in [0.717, 1.165) is 0 Å². The zero-order chi connectivity index (χ0) is 13.0. The molecule has 1 heterocycles. The molecule has 0 fully saturated rings. The molecule has 0 saturated carbocycles. The number of hydrogen-bond donors (Lipinski definition) is 1. The van der Waals surface area contributed by atoms with Gasteiger partial charge in [0, 0.05) is 5.69 Å². The van der Waals surface area contributed by atoms with E-state index in [2.05, 4.69) is 15.3 Å². The van der Waals surface area contributed by atoms with Gasteiger partial charge in [-0.2, -0.15) is 0 Å². The lowest BCUT2D eigenvalue weighted by atomic mass is 10.3. The van der Waals surface area contributed by atoms with Crippen LogP contribution in [0.4, 0.5) is 10.1 Å². The van der Waals surface area contributed by atoms with Crippen LogP contribution in [0.1, 0.15) is 10.5 Å². The maximum Gasteiger partial charge on any atom is 0.275 e. The fourth-order valence-corrected chi connectivity index (χ4v) is 1.30. The van der Waals surface area contributed by atoms with E-state index in [9.17, 15) is 9.18 Å². The van der Waals surface area contributed by atoms with Crippen LogP contribution in [-0.2, 0) is 0 Å². The summed E-state index contributed by atoms with van der Waals surface area (Å²) >= 11 is 0. The molecule has 2 aromatic rings. The Morgan fingerprint density at radius 2 is 2.17 bits per heavy atom. The summed E-state index contributed by atoms with van der Waals surface area (Å²) in [5, 5.41) is 2.51. The number of ether oxygens (including phenoxy) is 1. The number of anilines is 1. The molecule has 6 heteroatoms. The van der Waals surface area contributed by atoms with E-state index < -0.39 is 11.7 Å². The first-order chi connectivity index (χ1) is 8.69. The first kappa shape index (κ1) is 12.0. The van der Waals surface area contributed by atoms with Crippen molar-refractivity contribution in [2.45, 2.75) is 0 Å². The third-order valence-corrected chi connectivity index (χ3v) is 2.15. The normalized spacial score (nSPS) is 9.89. The largest absolute Gasteiger partial charge is 0.480 e. The minimum absolute atomic E-state index is 0.125. The minimum Gasteiger partial charge on any atom is -0.480 e. The molecule has 1 N–H and O–H groups in total. The molecule has 1 amide bonds. The lowest BCUT2D eigenvalue weighted by molar-refractivity contribution is 0.102. The predicted molar refractivity (Wildman–Crippen MR) is 62.9 cm³/mol. The molecular weight excluding hydrogens is 237 g/mol. The molecule has 18 heavy (non-hydrogen) atoms. The van der Waals surface area contributed by atoms with Gasteiger partial charge in [-0.15, -0.1) is 0 Å². The molecule has 0 unspecified atom stereocenters. The molecular formula is C12H10FN3O2. The van der Waals surface area contributed by atoms with E-state index in [0.29, 0.717) is 11.6 Å². The number of methoxy groups -OCH3 is 1. The zero-order valence-electron chi connectivity index (χ0n) is 9.55. The number of halogens is 1. The van der Waals surface area contributed by atoms with Gasteiger partial charge in [-0.25, -0.2) is 14.4 Å². The molecule has 0 bridgehead atoms. The number of aromatic nitrogens is 2. The van der Waals surface area contributed by atoms with Crippen molar-refractivity contribution in [3.8, 4) is 5.88 Å². The van der Waals surface area contributed by atoms with Crippen LogP contribution < -0.4 is 10.1 Å². The number of nitrogens with zero attached hydrogens (tertiary/aromatic N) is 2. The summed E-state index contributed by atoms with van der Waals surface area (Å²) in [4.78, 5) is 19.5. The second-order valence-corrected chi connectivity index (χ2v) is 3.41. The number of nitrogens with one attached hydrogen (secondary N) is 1. The molecule has 0 saturated heterocycles. The third-order valence-electron chi connectivity index (χ3n) is 2.15. The molecule has 0 aliphatic rings. The van der Waals surface area contributed by atoms with Gasteiger partial charge in [0.25, 0.3) is 5.91 Å². The number of carbonyl (C=O) groups excluding carboxylic acids is 1. The Morgan fingerprint density at radius 1 is 1.33 bits per heavy atom. The summed E-state index contributed by atoms with van der Waals surface area (Å²) in [6, 6.07) is 5.60. The Kier molecular flexibility index (Phi) is 3.47. The van der Waals surface area contributed by atoms with Crippen LogP contribution in [0.25, 0.3) is 0 Å². The van der Waals surface area contributed by atoms with Crippen molar-refractivity contribution in [3.05, 3.63) is 48.2 Å². The quantitative estimate of drug-likeness (QED) is 0.899. The van der Waals surface area contributed by atoms with Gasteiger partial charge in [-0.05, 0) is 18.2 Å². The van der Waals surface area contributed by atoms with Crippen LogP contribution in [0.3, 0.4) is 0 Å². The Hall–Kier alpha value is -2.50. The van der Waals surface area contributed by atoms with Crippen LogP contribution in [-0.4, -0.2) is 23.0 Å². The second kappa shape index (κ2) is 5.22. The van der Waals surface area contributed by atoms with Crippen molar-refractivity contribution < 1.29 is 13.9 Å². The van der Waals surface area contributed by atoms with Crippen LogP contribution in [0.2, 0.25) is 0 Å². The second-order valence-electron chi connectivity index (χ2n) is 3.41. The lowest BCUT2D eigenvalue weighted by Gasteiger charge is -2.04. The molecule has 2 rings (SSSR count). The summed E-state index contributed by atoms with van der Waals surface area (Å²) in [6.45, 7) is 0. The highest BCUT2D eigenvalue weighted by Gasteiger charge is 2.08. The number of amides is 1. The molecule has 1 aromatic carbocycles. The van der Waals surface area contributed by atoms with Crippen LogP contribution in [0.5, 0.6) is 5.88 Å². The van der Waals surface area contributed by atoms with E-state index in [1.807, 2.05) is 0 Å². The Morgan fingerprint density at radius 3 is 2.78 bits per heavy atom. The summed E-state index contributed by atoms with van der Waals surface area (Å²) in [6.07, 6.45) is 2.62. The Balaban J connectivity index is 2.11. The molecule has 0 atom stereocenters. The summed E-state index contributed by atoms with van der Waals surface area (Å²) in [7, 11) is 1.45. The van der Waals surface area contributed by atoms with Crippen LogP contribution in [0.15, 0.2) is 36.7 Å². The zero-order valence-corrected chi connectivity index (χ0v) is 9.55. The van der Waals surface area contributed by atoms with Crippen LogP contribution >= 0.6 is 0 Å². The molecule has 5 nitrogen and oxygen atoms in total. The minimum atomic E-state index is -0.462. The first-order valence-electron chi connectivity index (χ1n) is 5.12. The maximum absolute atomic E-state index is 12.9. The van der Waals surface area contributed by atoms with E-state index in [-0.39, 0.29) is 5.69 Å². The Labute approximate surface area is 103 Å². The van der Waals surface area contributed by atoms with Crippen LogP contribution in [0, 0.1) is 5.82 Å². The van der Waals surface area contributed by atoms with Gasteiger partial charge in [0.2, 0.25) is 5.88 Å². The first-order valence-corrected chi connectivity index (χ1v) is 5.12. The average Bonchev–Trinajstić information content (AvgIpc) is 2.39. The lowest BCUT2D eigenvalue weighted by Crippen LogP contribution is -2.14. The van der Waals surface area contributed by atoms with Crippen molar-refractivity contribution >= 4 is 11.6 Å². The fourth-order valence-electron chi connectivity index (χ4n) is 1.30. The SMILES string of the molecule is COc1cnc(C(=O)Nc2cccc(F)c2)cn1. The smallest absolute Gasteiger partial charge is 0.275 e. The maximum atomic E-state index is 12.9. The number of rotatable bonds is 3. The molecule has 0 radical (unpaired) electrons. The highest BCUT2D eigenvalue weighted by Crippen LogP contribution is 2.10. The Bertz CT molecular complexity index is 558. The van der Waals surface area contributed by atoms with Crippen molar-refractivity contribution in [1.29, 1.82) is 0 Å². The van der Waals surface area contributed by atoms with Gasteiger partial charge >= 0.3 is 0 Å². The molecule has 0 aliphatic carbocycles. The number of carbonyl (C=O) groups is 1. The molecule has 0 aliphatic heterocycles. The predicted octanol–water partition coefficient (Wildman–Crippen LogP) is 1.88. The summed E-state index contributed by atoms with van der Waals surface area (Å²) in [5.41, 5.74) is 0.484. The third kappa shape index (κ3) is 2.79. The van der Waals surface area contributed by atoms with E-state index >= 15 is 0 Å². The van der Waals surface area contributed by atoms with Gasteiger partial charge in [0.1, 0.15) is 11.5 Å². The van der Waals surface area contributed by atoms with Crippen molar-refractivity contribution in [3.63, 3.8) is 0 Å². The van der Waals surface area contributed by atoms with Crippen molar-refractivity contribution in [2.24, 2.45) is 0 Å². The average molecular weight is 247 g/mol. The van der Waals surface area contributed by atoms with E-state index in [1.54, 1.807) is 6.07 Å². The highest BCUT2D eigenvalue weighted by molar-refractivity contribution is 6.02. The number of benzene rings is 1. The van der Waals surface area contributed by atoms with Gasteiger partial charge in [0.05, 0.1) is 19.5 Å². The van der Waals surface area contributed by atoms with E-state index in [4.69, 9.17) is 4.74 Å². The number of hydrogen-bond acceptors (Lipinski definition) is 4. The molecule has 0 spiro atoms. The molecule has 92 valence electrons. The van der Waals surface area contributed by atoms with Gasteiger partial charge in [-0.1, -0.05) is 6.07 Å². The van der Waals surface area contributed by atoms with Gasteiger partial charge in [-0.3, -0.25) is 4.79 Å². The van der Waals surface area contributed by atoms with E-state index in [1.165, 1.54) is 37.7 Å². The molecule has 1 aromatic heterocycles. The van der Waals surface area contributed by atoms with Crippen molar-refractivity contribution in [2.75, 3.05) is 12.4 Å².